The lowest BCUT2D eigenvalue weighted by Gasteiger charge is -2.26. The van der Waals surface area contributed by atoms with E-state index < -0.39 is 28.9 Å². The third kappa shape index (κ3) is 4.27. The third-order valence-corrected chi connectivity index (χ3v) is 4.88. The minimum absolute atomic E-state index is 0.0280. The van der Waals surface area contributed by atoms with Crippen molar-refractivity contribution in [2.24, 2.45) is 0 Å². The molecule has 0 amide bonds. The molecule has 1 aromatic heterocycles. The van der Waals surface area contributed by atoms with Crippen LogP contribution in [0.15, 0.2) is 70.1 Å². The number of anilines is 1. The van der Waals surface area contributed by atoms with Gasteiger partial charge in [-0.1, -0.05) is 49.6 Å². The molecule has 2 heterocycles. The monoisotopic (exact) mass is 406 g/mol. The summed E-state index contributed by atoms with van der Waals surface area (Å²) < 4.78 is 14.3. The number of hydrogen-bond acceptors (Lipinski definition) is 4. The van der Waals surface area contributed by atoms with Gasteiger partial charge in [0.25, 0.3) is 5.56 Å². The number of aromatic amines is 1. The first-order chi connectivity index (χ1) is 14.3. The Morgan fingerprint density at radius 1 is 1.33 bits per heavy atom. The molecule has 3 rings (SSSR count). The number of nitrogens with one attached hydrogen (secondary N) is 2. The van der Waals surface area contributed by atoms with Crippen LogP contribution in [0.5, 0.6) is 0 Å². The van der Waals surface area contributed by atoms with Crippen LogP contribution in [0.3, 0.4) is 0 Å². The standard InChI is InChI=1S/C22H22BFN3O3/c1-4-15(24)9-8-13(2)17-11-18(28)19-20(25-17)26-22(30)27(21(19)29)16-7-5-6-14(10-16)12-23-3/h4-10,17,25H,2,11-12H2,1,3H3,(H,26,30)/b9-8-,15-4+/t17-/m1/s1. The molecule has 0 bridgehead atoms. The molecule has 0 aliphatic carbocycles. The summed E-state index contributed by atoms with van der Waals surface area (Å²) in [5.41, 5.74) is 0.364. The molecule has 2 N–H and O–H groups in total. The number of hydrogen-bond donors (Lipinski definition) is 2. The van der Waals surface area contributed by atoms with E-state index in [-0.39, 0.29) is 17.8 Å². The zero-order valence-electron chi connectivity index (χ0n) is 16.9. The van der Waals surface area contributed by atoms with Crippen LogP contribution in [0, 0.1) is 0 Å². The minimum atomic E-state index is -0.677. The van der Waals surface area contributed by atoms with Crippen molar-refractivity contribution in [3.63, 3.8) is 0 Å². The molecule has 1 aromatic carbocycles. The highest BCUT2D eigenvalue weighted by Gasteiger charge is 2.30. The number of H-pyrrole nitrogens is 1. The normalized spacial score (nSPS) is 16.3. The van der Waals surface area contributed by atoms with Crippen LogP contribution in [0.4, 0.5) is 10.2 Å². The van der Waals surface area contributed by atoms with Crippen LogP contribution < -0.4 is 16.6 Å². The number of benzene rings is 1. The first-order valence-electron chi connectivity index (χ1n) is 9.60. The van der Waals surface area contributed by atoms with Gasteiger partial charge in [0.15, 0.2) is 5.78 Å². The van der Waals surface area contributed by atoms with E-state index in [2.05, 4.69) is 16.9 Å². The summed E-state index contributed by atoms with van der Waals surface area (Å²) in [6.45, 7) is 7.34. The van der Waals surface area contributed by atoms with Gasteiger partial charge in [0.05, 0.1) is 11.7 Å². The van der Waals surface area contributed by atoms with Crippen molar-refractivity contribution in [3.8, 4) is 5.69 Å². The fourth-order valence-corrected chi connectivity index (χ4v) is 3.33. The van der Waals surface area contributed by atoms with Crippen molar-refractivity contribution in [2.75, 3.05) is 5.32 Å². The topological polar surface area (TPSA) is 84.0 Å². The number of fused-ring (bicyclic) bond motifs is 1. The number of aromatic nitrogens is 2. The van der Waals surface area contributed by atoms with E-state index in [0.717, 1.165) is 10.1 Å². The number of nitrogens with zero attached hydrogens (tertiary/aromatic N) is 1. The average molecular weight is 406 g/mol. The fraction of sp³-hybridized carbons (Fsp3) is 0.227. The van der Waals surface area contributed by atoms with Gasteiger partial charge in [-0.2, -0.15) is 0 Å². The third-order valence-electron chi connectivity index (χ3n) is 4.88. The van der Waals surface area contributed by atoms with Gasteiger partial charge in [0, 0.05) is 6.42 Å². The predicted octanol–water partition coefficient (Wildman–Crippen LogP) is 3.13. The van der Waals surface area contributed by atoms with Crippen molar-refractivity contribution in [2.45, 2.75) is 32.5 Å². The fourth-order valence-electron chi connectivity index (χ4n) is 3.33. The maximum absolute atomic E-state index is 13.3. The van der Waals surface area contributed by atoms with Crippen molar-refractivity contribution in [1.82, 2.24) is 9.55 Å². The van der Waals surface area contributed by atoms with Crippen LogP contribution >= 0.6 is 0 Å². The van der Waals surface area contributed by atoms with Crippen molar-refractivity contribution < 1.29 is 9.18 Å². The van der Waals surface area contributed by atoms with E-state index in [1.54, 1.807) is 25.1 Å². The Morgan fingerprint density at radius 3 is 2.80 bits per heavy atom. The van der Waals surface area contributed by atoms with Gasteiger partial charge in [0.2, 0.25) is 0 Å². The molecule has 8 heteroatoms. The van der Waals surface area contributed by atoms with Gasteiger partial charge in [-0.15, -0.1) is 0 Å². The Bertz CT molecular complexity index is 1180. The van der Waals surface area contributed by atoms with Gasteiger partial charge >= 0.3 is 5.69 Å². The first-order valence-corrected chi connectivity index (χ1v) is 9.60. The summed E-state index contributed by atoms with van der Waals surface area (Å²) in [6.07, 6.45) is 4.66. The summed E-state index contributed by atoms with van der Waals surface area (Å²) >= 11 is 0. The predicted molar refractivity (Wildman–Crippen MR) is 117 cm³/mol. The molecule has 0 saturated heterocycles. The Hall–Kier alpha value is -3.42. The number of carbonyl (C=O) groups is 1. The highest BCUT2D eigenvalue weighted by Crippen LogP contribution is 2.23. The van der Waals surface area contributed by atoms with Crippen LogP contribution in [-0.2, 0) is 6.32 Å². The van der Waals surface area contributed by atoms with Crippen molar-refractivity contribution >= 4 is 18.9 Å². The Balaban J connectivity index is 2.00. The molecule has 1 aliphatic heterocycles. The molecule has 0 fully saturated rings. The molecule has 2 aromatic rings. The highest BCUT2D eigenvalue weighted by molar-refractivity contribution is 6.32. The molecular formula is C22H22BFN3O3. The summed E-state index contributed by atoms with van der Waals surface area (Å²) in [4.78, 5) is 41.0. The number of halogens is 1. The molecule has 1 atom stereocenters. The molecule has 153 valence electrons. The van der Waals surface area contributed by atoms with E-state index in [1.165, 1.54) is 18.2 Å². The smallest absolute Gasteiger partial charge is 0.334 e. The summed E-state index contributed by atoms with van der Waals surface area (Å²) in [6, 6.07) is 6.49. The second-order valence-electron chi connectivity index (χ2n) is 7.01. The van der Waals surface area contributed by atoms with E-state index in [9.17, 15) is 18.8 Å². The molecule has 0 saturated carbocycles. The Kier molecular flexibility index (Phi) is 6.35. The number of ketones is 1. The van der Waals surface area contributed by atoms with Crippen LogP contribution in [0.1, 0.15) is 29.3 Å². The number of Topliss-reactive ketones (excluding diaryl/α,β-unsaturated/α-hetero) is 1. The quantitative estimate of drug-likeness (QED) is 0.571. The summed E-state index contributed by atoms with van der Waals surface area (Å²) in [5, 5.41) is 2.97. The lowest BCUT2D eigenvalue weighted by molar-refractivity contribution is 0.0974. The zero-order valence-corrected chi connectivity index (χ0v) is 16.9. The number of rotatable bonds is 6. The minimum Gasteiger partial charge on any atom is -0.363 e. The van der Waals surface area contributed by atoms with Gasteiger partial charge in [-0.05, 0) is 30.7 Å². The Labute approximate surface area is 174 Å². The van der Waals surface area contributed by atoms with Gasteiger partial charge in [-0.25, -0.2) is 13.8 Å². The first kappa shape index (κ1) is 21.3. The summed E-state index contributed by atoms with van der Waals surface area (Å²) in [7, 11) is 1.97. The van der Waals surface area contributed by atoms with Crippen LogP contribution in [0.2, 0.25) is 6.82 Å². The molecule has 0 unspecified atom stereocenters. The van der Waals surface area contributed by atoms with Gasteiger partial charge in [0.1, 0.15) is 24.5 Å². The number of allylic oxidation sites excluding steroid dienone is 3. The van der Waals surface area contributed by atoms with Crippen LogP contribution in [-0.4, -0.2) is 28.7 Å². The number of carbonyl (C=O) groups excluding carboxylic acids is 1. The maximum Gasteiger partial charge on any atom is 0.334 e. The molecule has 1 aliphatic rings. The maximum atomic E-state index is 13.3. The van der Waals surface area contributed by atoms with E-state index in [1.807, 2.05) is 20.2 Å². The average Bonchev–Trinajstić information content (AvgIpc) is 2.71. The van der Waals surface area contributed by atoms with E-state index in [0.29, 0.717) is 17.6 Å². The van der Waals surface area contributed by atoms with E-state index >= 15 is 0 Å². The Morgan fingerprint density at radius 2 is 2.10 bits per heavy atom. The largest absolute Gasteiger partial charge is 0.363 e. The summed E-state index contributed by atoms with van der Waals surface area (Å²) in [5.74, 6) is -0.790. The van der Waals surface area contributed by atoms with Gasteiger partial charge < -0.3 is 5.32 Å². The van der Waals surface area contributed by atoms with Crippen LogP contribution in [0.25, 0.3) is 5.69 Å². The molecule has 0 spiro atoms. The zero-order chi connectivity index (χ0) is 21.8. The van der Waals surface area contributed by atoms with E-state index in [4.69, 9.17) is 0 Å². The SMILES string of the molecule is C=C(/C=C\C(F)=C/C)[C@H]1CC(=O)c2c([nH]c(=O)n(-c3cccc(C[B]C)c3)c2=O)N1. The van der Waals surface area contributed by atoms with Crippen molar-refractivity contribution in [3.05, 3.63) is 92.4 Å². The molecule has 30 heavy (non-hydrogen) atoms. The highest BCUT2D eigenvalue weighted by atomic mass is 19.1. The molecular weight excluding hydrogens is 384 g/mol. The lowest BCUT2D eigenvalue weighted by Crippen LogP contribution is -2.43. The second-order valence-corrected chi connectivity index (χ2v) is 7.01. The molecule has 1 radical (unpaired) electrons. The van der Waals surface area contributed by atoms with Crippen molar-refractivity contribution in [1.29, 1.82) is 0 Å². The molecule has 6 nitrogen and oxygen atoms in total. The second kappa shape index (κ2) is 8.94. The lowest BCUT2D eigenvalue weighted by atomic mass is 9.75. The van der Waals surface area contributed by atoms with Gasteiger partial charge in [-0.3, -0.25) is 14.6 Å².